The first-order valence-corrected chi connectivity index (χ1v) is 26.3. The van der Waals surface area contributed by atoms with Crippen molar-refractivity contribution in [1.29, 1.82) is 0 Å². The van der Waals surface area contributed by atoms with Gasteiger partial charge in [-0.2, -0.15) is 0 Å². The Hall–Kier alpha value is -2.89. The third-order valence-corrected chi connectivity index (χ3v) is 11.2. The second-order valence-corrected chi connectivity index (χ2v) is 17.4. The third-order valence-electron chi connectivity index (χ3n) is 11.2. The van der Waals surface area contributed by atoms with E-state index < -0.39 is 6.10 Å². The SMILES string of the molecule is CC/C=C\C/C=C\C/C=C\C/C=C\CCCCC(=O)OC(COC(=O)CCCCCCC/C=C\CCC)COC(=O)CCCCCCCCCCCCCCCCCCCCC. The average Bonchev–Trinajstić information content (AvgIpc) is 3.27. The monoisotopic (exact) mass is 867 g/mol. The third kappa shape index (κ3) is 48.1. The molecule has 0 heterocycles. The zero-order chi connectivity index (χ0) is 45.1. The van der Waals surface area contributed by atoms with Crippen molar-refractivity contribution in [2.45, 2.75) is 264 Å². The predicted octanol–water partition coefficient (Wildman–Crippen LogP) is 17.3. The molecule has 0 rings (SSSR count). The van der Waals surface area contributed by atoms with E-state index in [0.717, 1.165) is 96.3 Å². The first-order chi connectivity index (χ1) is 30.5. The molecule has 1 unspecified atom stereocenters. The fraction of sp³-hybridized carbons (Fsp3) is 0.768. The lowest BCUT2D eigenvalue weighted by Gasteiger charge is -2.18. The molecule has 0 radical (unpaired) electrons. The highest BCUT2D eigenvalue weighted by molar-refractivity contribution is 5.71. The van der Waals surface area contributed by atoms with Crippen LogP contribution in [0.25, 0.3) is 0 Å². The molecule has 0 saturated carbocycles. The molecule has 0 aliphatic heterocycles. The first kappa shape index (κ1) is 59.1. The van der Waals surface area contributed by atoms with E-state index in [2.05, 4.69) is 81.5 Å². The zero-order valence-electron chi connectivity index (χ0n) is 40.9. The van der Waals surface area contributed by atoms with Gasteiger partial charge in [0.25, 0.3) is 0 Å². The number of hydrogen-bond donors (Lipinski definition) is 0. The van der Waals surface area contributed by atoms with E-state index in [4.69, 9.17) is 14.2 Å². The van der Waals surface area contributed by atoms with Crippen molar-refractivity contribution in [3.8, 4) is 0 Å². The normalized spacial score (nSPS) is 12.5. The van der Waals surface area contributed by atoms with Crippen molar-refractivity contribution >= 4 is 17.9 Å². The number of ether oxygens (including phenoxy) is 3. The molecular weight excluding hydrogens is 769 g/mol. The Bertz CT molecular complexity index is 1130. The number of carbonyl (C=O) groups is 3. The minimum atomic E-state index is -0.796. The zero-order valence-corrected chi connectivity index (χ0v) is 40.9. The Balaban J connectivity index is 4.35. The summed E-state index contributed by atoms with van der Waals surface area (Å²) < 4.78 is 16.7. The maximum absolute atomic E-state index is 12.8. The Morgan fingerprint density at radius 1 is 0.339 bits per heavy atom. The predicted molar refractivity (Wildman–Crippen MR) is 265 cm³/mol. The lowest BCUT2D eigenvalue weighted by atomic mass is 10.0. The summed E-state index contributed by atoms with van der Waals surface area (Å²) in [5.74, 6) is -0.939. The van der Waals surface area contributed by atoms with Gasteiger partial charge in [0.05, 0.1) is 0 Å². The lowest BCUT2D eigenvalue weighted by molar-refractivity contribution is -0.167. The Labute approximate surface area is 383 Å². The molecule has 0 aromatic heterocycles. The van der Waals surface area contributed by atoms with Crippen LogP contribution in [-0.2, 0) is 28.6 Å². The fourth-order valence-corrected chi connectivity index (χ4v) is 7.32. The van der Waals surface area contributed by atoms with E-state index in [9.17, 15) is 14.4 Å². The van der Waals surface area contributed by atoms with Crippen LogP contribution < -0.4 is 0 Å². The van der Waals surface area contributed by atoms with Gasteiger partial charge in [0, 0.05) is 19.3 Å². The maximum Gasteiger partial charge on any atom is 0.306 e. The molecule has 62 heavy (non-hydrogen) atoms. The molecule has 0 aromatic rings. The van der Waals surface area contributed by atoms with Crippen LogP contribution in [0.4, 0.5) is 0 Å². The molecule has 0 N–H and O–H groups in total. The molecular formula is C56H98O6. The van der Waals surface area contributed by atoms with Gasteiger partial charge in [-0.25, -0.2) is 0 Å². The van der Waals surface area contributed by atoms with E-state index >= 15 is 0 Å². The lowest BCUT2D eigenvalue weighted by Crippen LogP contribution is -2.30. The average molecular weight is 867 g/mol. The summed E-state index contributed by atoms with van der Waals surface area (Å²) in [4.78, 5) is 37.9. The molecule has 358 valence electrons. The van der Waals surface area contributed by atoms with Crippen molar-refractivity contribution in [1.82, 2.24) is 0 Å². The van der Waals surface area contributed by atoms with Gasteiger partial charge in [-0.05, 0) is 77.0 Å². The summed E-state index contributed by atoms with van der Waals surface area (Å²) >= 11 is 0. The van der Waals surface area contributed by atoms with Crippen LogP contribution in [0.3, 0.4) is 0 Å². The summed E-state index contributed by atoms with van der Waals surface area (Å²) in [5.41, 5.74) is 0. The molecule has 0 fully saturated rings. The van der Waals surface area contributed by atoms with Gasteiger partial charge in [0.2, 0.25) is 0 Å². The van der Waals surface area contributed by atoms with Crippen LogP contribution in [0.2, 0.25) is 0 Å². The topological polar surface area (TPSA) is 78.9 Å². The van der Waals surface area contributed by atoms with Crippen molar-refractivity contribution in [3.05, 3.63) is 60.8 Å². The number of unbranched alkanes of at least 4 members (excludes halogenated alkanes) is 26. The molecule has 6 heteroatoms. The van der Waals surface area contributed by atoms with Crippen LogP contribution in [-0.4, -0.2) is 37.2 Å². The van der Waals surface area contributed by atoms with Crippen LogP contribution in [0.15, 0.2) is 60.8 Å². The van der Waals surface area contributed by atoms with E-state index in [1.807, 2.05) is 0 Å². The van der Waals surface area contributed by atoms with Crippen LogP contribution in [0.1, 0.15) is 258 Å². The van der Waals surface area contributed by atoms with E-state index in [1.165, 1.54) is 116 Å². The Morgan fingerprint density at radius 3 is 1.10 bits per heavy atom. The summed E-state index contributed by atoms with van der Waals surface area (Å²) in [6.45, 7) is 6.43. The Morgan fingerprint density at radius 2 is 0.661 bits per heavy atom. The second-order valence-electron chi connectivity index (χ2n) is 17.4. The highest BCUT2D eigenvalue weighted by Crippen LogP contribution is 2.16. The standard InChI is InChI=1S/C56H98O6/c1-4-7-10-13-16-19-22-24-26-27-28-29-31-32-34-37-40-43-46-49-55(58)61-52-53(51-60-54(57)48-45-42-39-36-21-18-15-12-9-6-3)62-56(59)50-47-44-41-38-35-33-30-25-23-20-17-14-11-8-5-2/h8,11-12,15,17,20,25,30,35,38,53H,4-7,9-10,13-14,16,18-19,21-24,26-29,31-34,36-37,39-52H2,1-3H3/b11-8-,15-12-,20-17-,30-25-,38-35-. The van der Waals surface area contributed by atoms with E-state index in [0.29, 0.717) is 19.3 Å². The van der Waals surface area contributed by atoms with Crippen LogP contribution >= 0.6 is 0 Å². The Kier molecular flexibility index (Phi) is 48.4. The van der Waals surface area contributed by atoms with E-state index in [-0.39, 0.29) is 37.5 Å². The minimum absolute atomic E-state index is 0.0916. The molecule has 0 bridgehead atoms. The van der Waals surface area contributed by atoms with Crippen molar-refractivity contribution < 1.29 is 28.6 Å². The minimum Gasteiger partial charge on any atom is -0.462 e. The van der Waals surface area contributed by atoms with Crippen LogP contribution in [0, 0.1) is 0 Å². The molecule has 0 saturated heterocycles. The summed E-state index contributed by atoms with van der Waals surface area (Å²) in [6, 6.07) is 0. The quantitative estimate of drug-likeness (QED) is 0.0262. The highest BCUT2D eigenvalue weighted by Gasteiger charge is 2.19. The molecule has 0 spiro atoms. The van der Waals surface area contributed by atoms with Gasteiger partial charge in [0.1, 0.15) is 13.2 Å². The first-order valence-electron chi connectivity index (χ1n) is 26.3. The van der Waals surface area contributed by atoms with Crippen molar-refractivity contribution in [2.75, 3.05) is 13.2 Å². The highest BCUT2D eigenvalue weighted by atomic mass is 16.6. The van der Waals surface area contributed by atoms with Gasteiger partial charge in [0.15, 0.2) is 6.10 Å². The molecule has 0 aliphatic carbocycles. The fourth-order valence-electron chi connectivity index (χ4n) is 7.32. The number of carbonyl (C=O) groups excluding carboxylic acids is 3. The van der Waals surface area contributed by atoms with E-state index in [1.54, 1.807) is 0 Å². The second kappa shape index (κ2) is 50.8. The molecule has 1 atom stereocenters. The van der Waals surface area contributed by atoms with Crippen molar-refractivity contribution in [3.63, 3.8) is 0 Å². The molecule has 0 amide bonds. The number of esters is 3. The van der Waals surface area contributed by atoms with Gasteiger partial charge >= 0.3 is 17.9 Å². The molecule has 0 aromatic carbocycles. The number of rotatable bonds is 47. The van der Waals surface area contributed by atoms with Crippen LogP contribution in [0.5, 0.6) is 0 Å². The van der Waals surface area contributed by atoms with Crippen molar-refractivity contribution in [2.24, 2.45) is 0 Å². The van der Waals surface area contributed by atoms with Gasteiger partial charge in [-0.3, -0.25) is 14.4 Å². The summed E-state index contributed by atoms with van der Waals surface area (Å²) in [6.07, 6.45) is 62.2. The van der Waals surface area contributed by atoms with Gasteiger partial charge < -0.3 is 14.2 Å². The maximum atomic E-state index is 12.8. The summed E-state index contributed by atoms with van der Waals surface area (Å²) in [5, 5.41) is 0. The molecule has 0 aliphatic rings. The number of allylic oxidation sites excluding steroid dienone is 10. The largest absolute Gasteiger partial charge is 0.462 e. The number of hydrogen-bond acceptors (Lipinski definition) is 6. The smallest absolute Gasteiger partial charge is 0.306 e. The van der Waals surface area contributed by atoms with Gasteiger partial charge in [-0.15, -0.1) is 0 Å². The summed E-state index contributed by atoms with van der Waals surface area (Å²) in [7, 11) is 0. The van der Waals surface area contributed by atoms with Gasteiger partial charge in [-0.1, -0.05) is 223 Å². The molecule has 6 nitrogen and oxygen atoms in total.